The predicted molar refractivity (Wildman–Crippen MR) is 84.2 cm³/mol. The van der Waals surface area contributed by atoms with Gasteiger partial charge in [-0.2, -0.15) is 0 Å². The van der Waals surface area contributed by atoms with Crippen molar-refractivity contribution in [2.45, 2.75) is 6.32 Å². The van der Waals surface area contributed by atoms with Gasteiger partial charge in [-0.25, -0.2) is 4.98 Å². The van der Waals surface area contributed by atoms with E-state index in [2.05, 4.69) is 15.3 Å². The van der Waals surface area contributed by atoms with Crippen LogP contribution in [0.4, 0.5) is 11.5 Å². The summed E-state index contributed by atoms with van der Waals surface area (Å²) in [6.07, 6.45) is 1.60. The molecule has 0 aliphatic carbocycles. The molecule has 5 heteroatoms. The van der Waals surface area contributed by atoms with Crippen LogP contribution in [-0.2, 0) is 0 Å². The molecule has 0 fully saturated rings. The third kappa shape index (κ3) is 2.77. The minimum absolute atomic E-state index is 0.0445. The highest BCUT2D eigenvalue weighted by Crippen LogP contribution is 2.20. The highest BCUT2D eigenvalue weighted by atomic mass is 16.1. The minimum Gasteiger partial charge on any atom is -0.339 e. The van der Waals surface area contributed by atoms with Crippen molar-refractivity contribution in [1.82, 2.24) is 9.97 Å². The molecule has 0 atom stereocenters. The Kier molecular flexibility index (Phi) is 3.64. The van der Waals surface area contributed by atoms with Gasteiger partial charge in [0.05, 0.1) is 19.6 Å². The van der Waals surface area contributed by atoms with E-state index in [1.165, 1.54) is 0 Å². The second-order valence-corrected chi connectivity index (χ2v) is 4.55. The van der Waals surface area contributed by atoms with Crippen LogP contribution in [0.2, 0.25) is 6.32 Å². The van der Waals surface area contributed by atoms with E-state index in [9.17, 15) is 4.79 Å². The maximum Gasteiger partial charge on any atom is 0.156 e. The highest BCUT2D eigenvalue weighted by molar-refractivity contribution is 6.25. The summed E-state index contributed by atoms with van der Waals surface area (Å²) >= 11 is 0. The van der Waals surface area contributed by atoms with Crippen molar-refractivity contribution in [1.29, 1.82) is 0 Å². The van der Waals surface area contributed by atoms with E-state index in [-0.39, 0.29) is 12.1 Å². The fourth-order valence-corrected chi connectivity index (χ4v) is 2.10. The number of rotatable bonds is 4. The Balaban J connectivity index is 2.04. The zero-order valence-electron chi connectivity index (χ0n) is 11.3. The molecule has 0 aliphatic rings. The molecule has 3 rings (SSSR count). The Hall–Kier alpha value is -2.69. The molecule has 1 N–H and O–H groups in total. The van der Waals surface area contributed by atoms with Gasteiger partial charge in [0, 0.05) is 11.3 Å². The number of hydrogen-bond donors (Lipinski definition) is 1. The monoisotopic (exact) mass is 273 g/mol. The van der Waals surface area contributed by atoms with Crippen LogP contribution in [-0.4, -0.2) is 23.6 Å². The van der Waals surface area contributed by atoms with Crippen molar-refractivity contribution in [3.05, 3.63) is 60.3 Å². The summed E-state index contributed by atoms with van der Waals surface area (Å²) in [5, 5.41) is 3.16. The highest BCUT2D eigenvalue weighted by Gasteiger charge is 2.10. The van der Waals surface area contributed by atoms with Crippen LogP contribution in [0.25, 0.3) is 11.0 Å². The lowest BCUT2D eigenvalue weighted by Crippen LogP contribution is -2.02. The van der Waals surface area contributed by atoms with E-state index in [4.69, 9.17) is 7.85 Å². The normalized spacial score (nSPS) is 10.5. The van der Waals surface area contributed by atoms with Crippen LogP contribution in [0, 0.1) is 0 Å². The molecular weight excluding hydrogens is 261 g/mol. The summed E-state index contributed by atoms with van der Waals surface area (Å²) in [4.78, 5) is 20.7. The number of nitrogens with one attached hydrogen (secondary N) is 1. The smallest absolute Gasteiger partial charge is 0.156 e. The number of benzene rings is 2. The molecule has 0 saturated carbocycles. The lowest BCUT2D eigenvalue weighted by molar-refractivity contribution is 0.101. The first-order valence-corrected chi connectivity index (χ1v) is 6.59. The average Bonchev–Trinajstić information content (AvgIpc) is 2.54. The molecule has 0 saturated heterocycles. The van der Waals surface area contributed by atoms with E-state index in [0.29, 0.717) is 22.4 Å². The molecule has 0 aliphatic heterocycles. The quantitative estimate of drug-likeness (QED) is 0.586. The second kappa shape index (κ2) is 5.75. The first-order valence-electron chi connectivity index (χ1n) is 6.59. The van der Waals surface area contributed by atoms with Crippen LogP contribution in [0.1, 0.15) is 10.4 Å². The Bertz CT molecular complexity index is 790. The molecule has 2 radical (unpaired) electrons. The number of carbonyl (C=O) groups excluding carboxylic acids is 1. The van der Waals surface area contributed by atoms with Gasteiger partial charge in [0.1, 0.15) is 11.3 Å². The molecular formula is C16H12BN3O. The minimum atomic E-state index is -0.147. The van der Waals surface area contributed by atoms with Crippen LogP contribution >= 0.6 is 0 Å². The fraction of sp³-hybridized carbons (Fsp3) is 0.0625. The molecule has 0 unspecified atom stereocenters. The van der Waals surface area contributed by atoms with E-state index in [1.54, 1.807) is 18.3 Å². The summed E-state index contributed by atoms with van der Waals surface area (Å²) in [6.45, 7) is 0. The number of aromatic nitrogens is 2. The Labute approximate surface area is 123 Å². The van der Waals surface area contributed by atoms with Crippen molar-refractivity contribution >= 4 is 36.2 Å². The van der Waals surface area contributed by atoms with Crippen molar-refractivity contribution in [2.75, 3.05) is 5.32 Å². The molecule has 3 aromatic rings. The molecule has 21 heavy (non-hydrogen) atoms. The molecule has 0 spiro atoms. The molecule has 100 valence electrons. The van der Waals surface area contributed by atoms with Gasteiger partial charge in [0.25, 0.3) is 0 Å². The number of hydrogen-bond acceptors (Lipinski definition) is 4. The topological polar surface area (TPSA) is 54.9 Å². The molecule has 4 nitrogen and oxygen atoms in total. The summed E-state index contributed by atoms with van der Waals surface area (Å²) in [7, 11) is 5.44. The largest absolute Gasteiger partial charge is 0.339 e. The number of carbonyl (C=O) groups is 1. The Morgan fingerprint density at radius 3 is 2.67 bits per heavy atom. The maximum atomic E-state index is 11.9. The van der Waals surface area contributed by atoms with Gasteiger partial charge in [-0.3, -0.25) is 9.78 Å². The maximum absolute atomic E-state index is 11.9. The van der Waals surface area contributed by atoms with Gasteiger partial charge >= 0.3 is 0 Å². The summed E-state index contributed by atoms with van der Waals surface area (Å²) in [6, 6.07) is 15.0. The zero-order chi connectivity index (χ0) is 14.7. The summed E-state index contributed by atoms with van der Waals surface area (Å²) in [5.74, 6) is 0.442. The number of para-hydroxylation sites is 2. The van der Waals surface area contributed by atoms with Gasteiger partial charge in [-0.1, -0.05) is 24.3 Å². The lowest BCUT2D eigenvalue weighted by Gasteiger charge is -2.08. The molecule has 0 amide bonds. The number of nitrogens with zero attached hydrogens (tertiary/aromatic N) is 2. The molecule has 1 aromatic heterocycles. The van der Waals surface area contributed by atoms with Crippen LogP contribution in [0.3, 0.4) is 0 Å². The molecule has 0 bridgehead atoms. The van der Waals surface area contributed by atoms with Crippen molar-refractivity contribution in [2.24, 2.45) is 0 Å². The van der Waals surface area contributed by atoms with E-state index in [0.717, 1.165) is 5.69 Å². The Morgan fingerprint density at radius 1 is 1.10 bits per heavy atom. The lowest BCUT2D eigenvalue weighted by atomic mass is 9.95. The third-order valence-electron chi connectivity index (χ3n) is 3.10. The third-order valence-corrected chi connectivity index (χ3v) is 3.10. The number of anilines is 2. The first kappa shape index (κ1) is 13.3. The van der Waals surface area contributed by atoms with Crippen molar-refractivity contribution in [3.63, 3.8) is 0 Å². The zero-order valence-corrected chi connectivity index (χ0v) is 11.3. The molecule has 1 heterocycles. The first-order chi connectivity index (χ1) is 10.3. The van der Waals surface area contributed by atoms with Gasteiger partial charge in [-0.15, -0.1) is 0 Å². The van der Waals surface area contributed by atoms with Gasteiger partial charge < -0.3 is 5.32 Å². The van der Waals surface area contributed by atoms with E-state index < -0.39 is 0 Å². The predicted octanol–water partition coefficient (Wildman–Crippen LogP) is 3.14. The molecule has 2 aromatic carbocycles. The number of fused-ring (bicyclic) bond motifs is 1. The summed E-state index contributed by atoms with van der Waals surface area (Å²) in [5.41, 5.74) is 2.65. The second-order valence-electron chi connectivity index (χ2n) is 4.55. The van der Waals surface area contributed by atoms with E-state index >= 15 is 0 Å². The summed E-state index contributed by atoms with van der Waals surface area (Å²) < 4.78 is 0. The standard InChI is InChI=1S/C16H12BN3O/c17-9-14(21)12-7-4-8-13-16(12)20-15(10-18-13)19-11-5-2-1-3-6-11/h1-8,10H,9H2,(H,19,20). The van der Waals surface area contributed by atoms with Crippen LogP contribution < -0.4 is 5.32 Å². The SMILES string of the molecule is [B]CC(=O)c1cccc2ncc(Nc3ccccc3)nc12. The van der Waals surface area contributed by atoms with Gasteiger partial charge in [-0.05, 0) is 30.6 Å². The van der Waals surface area contributed by atoms with E-state index in [1.807, 2.05) is 36.4 Å². The fourth-order valence-electron chi connectivity index (χ4n) is 2.10. The number of ketones is 1. The Morgan fingerprint density at radius 2 is 1.90 bits per heavy atom. The van der Waals surface area contributed by atoms with Crippen molar-refractivity contribution in [3.8, 4) is 0 Å². The van der Waals surface area contributed by atoms with Gasteiger partial charge in [0.15, 0.2) is 5.78 Å². The van der Waals surface area contributed by atoms with Crippen molar-refractivity contribution < 1.29 is 4.79 Å². The average molecular weight is 273 g/mol. The van der Waals surface area contributed by atoms with Crippen LogP contribution in [0.15, 0.2) is 54.7 Å². The van der Waals surface area contributed by atoms with Crippen LogP contribution in [0.5, 0.6) is 0 Å². The number of Topliss-reactive ketones (excluding diaryl/α,β-unsaturated/α-hetero) is 1. The van der Waals surface area contributed by atoms with Gasteiger partial charge in [0.2, 0.25) is 0 Å².